The van der Waals surface area contributed by atoms with E-state index in [2.05, 4.69) is 20.1 Å². The molecule has 0 aromatic rings. The minimum Gasteiger partial charge on any atom is -0.726 e. The van der Waals surface area contributed by atoms with E-state index in [9.17, 15) is 83.5 Å². The Kier molecular flexibility index (Phi) is 22.9. The van der Waals surface area contributed by atoms with Crippen molar-refractivity contribution in [3.05, 3.63) is 0 Å². The standard InChI is InChI=1S/C37H63N3O28S.Na/c1-10-21(47)26(52)27(53)36(60-10)67-31-20(40-13(4)46)34(63-16(8-43)29(31)65-35-18(38-11(2)44)25(51)22(48)14(6-41)61-35)59-9-17-24(50)30(19(39-12(3)45)33(58-5)64-17)66-37-28(54)32(68-69(55,56)57)23(49)15(7-42)62-37;/h10,14-37,41-43,47-54H,6-9H2,1-5H3,(H,38,44)(H,39,45)(H,40,46)(H,55,56,57);/q;+1/p-1/t10-,14+,15+,16+,17-,18+,19+,20+,21+,22-,23-,24-,25+,26+,27-,28+,29+,30+,31+,32-,33-,34+,35-,36-,37-;/m0./s1. The van der Waals surface area contributed by atoms with Gasteiger partial charge in [-0.05, 0) is 6.92 Å². The fourth-order valence-corrected chi connectivity index (χ4v) is 9.00. The fourth-order valence-electron chi connectivity index (χ4n) is 8.50. The SMILES string of the molecule is CO[C@H]1O[C@@H](CO[C@@H]2O[C@H](CO)[C@@H](O[C@@H]3O[C@H](CO)[C@H](O)[C@H](O)[C@H]3NC(C)=O)[C@H](O[C@@H]3O[C@@H](C)[C@@H](O)[C@@H](O)[C@@H]3O)[C@H]2NC(C)=O)[C@H](O)[C@H](O[C@@H]2O[C@H](CO)[C@H](O)[C@H](OS(=O)(=O)[O-])[C@H]2O)[C@H]1NC(C)=O.[Na+]. The van der Waals surface area contributed by atoms with Crippen LogP contribution >= 0.6 is 0 Å². The molecule has 5 aliphatic heterocycles. The molecular weight excluding hydrogens is 989 g/mol. The van der Waals surface area contributed by atoms with E-state index in [1.807, 2.05) is 0 Å². The molecule has 400 valence electrons. The molecule has 14 N–H and O–H groups in total. The van der Waals surface area contributed by atoms with Crippen LogP contribution in [-0.2, 0) is 76.3 Å². The van der Waals surface area contributed by atoms with E-state index in [1.165, 1.54) is 6.92 Å². The van der Waals surface area contributed by atoms with Crippen LogP contribution in [0.15, 0.2) is 0 Å². The summed E-state index contributed by atoms with van der Waals surface area (Å²) in [5.41, 5.74) is 0. The van der Waals surface area contributed by atoms with Gasteiger partial charge in [0.25, 0.3) is 0 Å². The van der Waals surface area contributed by atoms with Crippen molar-refractivity contribution in [3.8, 4) is 0 Å². The first-order chi connectivity index (χ1) is 32.3. The van der Waals surface area contributed by atoms with Gasteiger partial charge in [0.2, 0.25) is 28.1 Å². The van der Waals surface area contributed by atoms with Gasteiger partial charge in [0.05, 0.1) is 32.5 Å². The summed E-state index contributed by atoms with van der Waals surface area (Å²) in [6.07, 6.45) is -40.1. The number of hydrogen-bond acceptors (Lipinski definition) is 28. The van der Waals surface area contributed by atoms with Gasteiger partial charge in [0, 0.05) is 27.9 Å². The third-order valence-corrected chi connectivity index (χ3v) is 12.3. The van der Waals surface area contributed by atoms with Crippen LogP contribution in [-0.4, -0.2) is 274 Å². The molecule has 3 amide bonds. The second kappa shape index (κ2) is 26.3. The molecule has 25 atom stereocenters. The van der Waals surface area contributed by atoms with E-state index in [0.717, 1.165) is 27.9 Å². The van der Waals surface area contributed by atoms with Gasteiger partial charge in [-0.25, -0.2) is 8.42 Å². The molecule has 0 spiro atoms. The van der Waals surface area contributed by atoms with E-state index in [1.54, 1.807) is 0 Å². The summed E-state index contributed by atoms with van der Waals surface area (Å²) in [7, 11) is -4.50. The first kappa shape index (κ1) is 61.0. The van der Waals surface area contributed by atoms with Crippen LogP contribution in [0.5, 0.6) is 0 Å². The Labute approximate surface area is 421 Å². The third kappa shape index (κ3) is 14.4. The molecule has 0 aromatic heterocycles. The van der Waals surface area contributed by atoms with Crippen molar-refractivity contribution in [1.82, 2.24) is 16.0 Å². The molecule has 70 heavy (non-hydrogen) atoms. The van der Waals surface area contributed by atoms with E-state index < -0.39 is 208 Å². The monoisotopic (exact) mass is 1050 g/mol. The van der Waals surface area contributed by atoms with Crippen LogP contribution in [0.4, 0.5) is 0 Å². The number of aliphatic hydroxyl groups is 11. The average molecular weight is 1050 g/mol. The maximum Gasteiger partial charge on any atom is 1.00 e. The van der Waals surface area contributed by atoms with Gasteiger partial charge in [0.1, 0.15) is 116 Å². The Morgan fingerprint density at radius 1 is 0.514 bits per heavy atom. The molecule has 5 heterocycles. The van der Waals surface area contributed by atoms with Gasteiger partial charge in [0.15, 0.2) is 31.5 Å². The Hall–Kier alpha value is -1.56. The Bertz CT molecular complexity index is 1820. The second-order valence-electron chi connectivity index (χ2n) is 16.9. The van der Waals surface area contributed by atoms with Gasteiger partial charge in [-0.3, -0.25) is 18.6 Å². The molecular formula is C37H62N3NaO28S. The van der Waals surface area contributed by atoms with Crippen molar-refractivity contribution in [2.75, 3.05) is 33.5 Å². The van der Waals surface area contributed by atoms with E-state index >= 15 is 0 Å². The molecule has 5 saturated heterocycles. The summed E-state index contributed by atoms with van der Waals surface area (Å²) in [5.74, 6) is -2.30. The molecule has 0 radical (unpaired) electrons. The summed E-state index contributed by atoms with van der Waals surface area (Å²) >= 11 is 0. The first-order valence-corrected chi connectivity index (χ1v) is 22.8. The third-order valence-electron chi connectivity index (χ3n) is 11.9. The first-order valence-electron chi connectivity index (χ1n) is 21.5. The second-order valence-corrected chi connectivity index (χ2v) is 17.9. The topological polar surface area (TPSA) is 469 Å². The zero-order valence-corrected chi connectivity index (χ0v) is 41.3. The number of methoxy groups -OCH3 is 1. The van der Waals surface area contributed by atoms with Crippen molar-refractivity contribution in [2.45, 2.75) is 181 Å². The van der Waals surface area contributed by atoms with Crippen molar-refractivity contribution in [2.24, 2.45) is 0 Å². The number of rotatable bonds is 18. The van der Waals surface area contributed by atoms with Crippen LogP contribution < -0.4 is 45.5 Å². The molecule has 5 fully saturated rings. The van der Waals surface area contributed by atoms with Gasteiger partial charge >= 0.3 is 29.6 Å². The maximum absolute atomic E-state index is 12.9. The van der Waals surface area contributed by atoms with Crippen molar-refractivity contribution in [1.29, 1.82) is 0 Å². The number of carbonyl (C=O) groups excluding carboxylic acids is 3. The van der Waals surface area contributed by atoms with Gasteiger partial charge < -0.3 is 124 Å². The van der Waals surface area contributed by atoms with E-state index in [-0.39, 0.29) is 29.6 Å². The van der Waals surface area contributed by atoms with Crippen LogP contribution in [0.3, 0.4) is 0 Å². The predicted octanol–water partition coefficient (Wildman–Crippen LogP) is -13.3. The molecule has 0 aliphatic carbocycles. The number of hydrogen-bond donors (Lipinski definition) is 14. The molecule has 33 heteroatoms. The normalized spacial score (nSPS) is 44.7. The van der Waals surface area contributed by atoms with Crippen LogP contribution in [0, 0.1) is 0 Å². The van der Waals surface area contributed by atoms with Gasteiger partial charge in [-0.15, -0.1) is 0 Å². The molecule has 5 rings (SSSR count). The molecule has 0 aromatic carbocycles. The molecule has 31 nitrogen and oxygen atoms in total. The summed E-state index contributed by atoms with van der Waals surface area (Å²) in [6, 6.07) is -4.76. The maximum atomic E-state index is 12.9. The molecule has 0 unspecified atom stereocenters. The van der Waals surface area contributed by atoms with Crippen LogP contribution in [0.25, 0.3) is 0 Å². The van der Waals surface area contributed by atoms with Gasteiger partial charge in [-0.1, -0.05) is 0 Å². The van der Waals surface area contributed by atoms with Crippen LogP contribution in [0.1, 0.15) is 27.7 Å². The van der Waals surface area contributed by atoms with Crippen molar-refractivity contribution in [3.63, 3.8) is 0 Å². The number of ether oxygens (including phenoxy) is 10. The van der Waals surface area contributed by atoms with E-state index in [0.29, 0.717) is 0 Å². The Morgan fingerprint density at radius 2 is 0.971 bits per heavy atom. The van der Waals surface area contributed by atoms with Crippen molar-refractivity contribution < 1.29 is 165 Å². The number of amides is 3. The number of nitrogens with one attached hydrogen (secondary N) is 3. The smallest absolute Gasteiger partial charge is 0.726 e. The molecule has 0 bridgehead atoms. The molecule has 5 aliphatic rings. The van der Waals surface area contributed by atoms with E-state index in [4.69, 9.17) is 47.4 Å². The number of carbonyl (C=O) groups is 3. The summed E-state index contributed by atoms with van der Waals surface area (Å²) in [5, 5.41) is 125. The summed E-state index contributed by atoms with van der Waals surface area (Å²) in [6.45, 7) is 0.763. The zero-order valence-electron chi connectivity index (χ0n) is 38.5. The average Bonchev–Trinajstić information content (AvgIpc) is 3.28. The number of aliphatic hydroxyl groups excluding tert-OH is 11. The van der Waals surface area contributed by atoms with Crippen LogP contribution in [0.2, 0.25) is 0 Å². The predicted molar refractivity (Wildman–Crippen MR) is 213 cm³/mol. The zero-order chi connectivity index (χ0) is 51.4. The largest absolute Gasteiger partial charge is 1.00 e. The Balaban J connectivity index is 0.0000107. The van der Waals surface area contributed by atoms with Gasteiger partial charge in [-0.2, -0.15) is 0 Å². The fraction of sp³-hybridized carbons (Fsp3) is 0.919. The summed E-state index contributed by atoms with van der Waals surface area (Å²) < 4.78 is 97.5. The summed E-state index contributed by atoms with van der Waals surface area (Å²) in [4.78, 5) is 37.6. The minimum absolute atomic E-state index is 0. The van der Waals surface area contributed by atoms with Crippen molar-refractivity contribution >= 4 is 28.1 Å². The Morgan fingerprint density at radius 3 is 1.51 bits per heavy atom. The minimum atomic E-state index is -5.61. The quantitative estimate of drug-likeness (QED) is 0.0344. The molecule has 0 saturated carbocycles.